The normalized spacial score (nSPS) is 12.9. The highest BCUT2D eigenvalue weighted by Crippen LogP contribution is 2.14. The fourth-order valence-corrected chi connectivity index (χ4v) is 7.68. The van der Waals surface area contributed by atoms with E-state index < -0.39 is 6.10 Å². The lowest BCUT2D eigenvalue weighted by Crippen LogP contribution is -2.30. The summed E-state index contributed by atoms with van der Waals surface area (Å²) in [6.07, 6.45) is 77.9. The Morgan fingerprint density at radius 2 is 0.586 bits per heavy atom. The lowest BCUT2D eigenvalue weighted by molar-refractivity contribution is -0.167. The van der Waals surface area contributed by atoms with Gasteiger partial charge in [0.1, 0.15) is 13.2 Å². The Hall–Kier alpha value is -3.93. The second-order valence-electron chi connectivity index (χ2n) is 18.9. The van der Waals surface area contributed by atoms with Crippen LogP contribution in [0.2, 0.25) is 0 Å². The van der Waals surface area contributed by atoms with Crippen LogP contribution < -0.4 is 0 Å². The summed E-state index contributed by atoms with van der Waals surface area (Å²) in [5.74, 6) is -0.995. The van der Waals surface area contributed by atoms with Crippen molar-refractivity contribution in [1.29, 1.82) is 0 Å². The summed E-state index contributed by atoms with van der Waals surface area (Å²) in [7, 11) is 0. The monoisotopic (exact) mass is 971 g/mol. The molecule has 0 rings (SSSR count). The number of carbonyl (C=O) groups is 3. The molecule has 0 aliphatic carbocycles. The van der Waals surface area contributed by atoms with Crippen LogP contribution in [-0.2, 0) is 28.6 Å². The van der Waals surface area contributed by atoms with E-state index in [1.54, 1.807) is 0 Å². The zero-order valence-electron chi connectivity index (χ0n) is 45.5. The number of esters is 3. The lowest BCUT2D eigenvalue weighted by Gasteiger charge is -2.18. The summed E-state index contributed by atoms with van der Waals surface area (Å²) in [6, 6.07) is 0. The van der Waals surface area contributed by atoms with Gasteiger partial charge in [-0.2, -0.15) is 0 Å². The van der Waals surface area contributed by atoms with Crippen molar-refractivity contribution in [2.75, 3.05) is 13.2 Å². The molecule has 0 aliphatic heterocycles. The summed E-state index contributed by atoms with van der Waals surface area (Å²) in [6.45, 7) is 6.50. The van der Waals surface area contributed by atoms with Crippen LogP contribution in [0.25, 0.3) is 0 Å². The molecule has 6 heteroatoms. The van der Waals surface area contributed by atoms with Gasteiger partial charge in [0.05, 0.1) is 0 Å². The number of rotatable bonds is 51. The molecule has 0 heterocycles. The van der Waals surface area contributed by atoms with Gasteiger partial charge in [0.15, 0.2) is 6.10 Å². The molecular formula is C64H106O6. The number of unbranched alkanes of at least 4 members (excludes halogenated alkanes) is 25. The number of allylic oxidation sites excluding steroid dienone is 18. The average Bonchev–Trinajstić information content (AvgIpc) is 3.36. The third-order valence-electron chi connectivity index (χ3n) is 12.1. The molecule has 0 aromatic rings. The minimum absolute atomic E-state index is 0.111. The molecule has 398 valence electrons. The molecule has 0 fully saturated rings. The largest absolute Gasteiger partial charge is 0.462 e. The fourth-order valence-electron chi connectivity index (χ4n) is 7.68. The first-order chi connectivity index (χ1) is 34.5. The molecule has 0 saturated carbocycles. The zero-order chi connectivity index (χ0) is 50.7. The second-order valence-corrected chi connectivity index (χ2v) is 18.9. The smallest absolute Gasteiger partial charge is 0.306 e. The number of hydrogen-bond acceptors (Lipinski definition) is 6. The fraction of sp³-hybridized carbons (Fsp3) is 0.672. The zero-order valence-corrected chi connectivity index (χ0v) is 45.5. The van der Waals surface area contributed by atoms with Crippen molar-refractivity contribution < 1.29 is 28.6 Å². The molecule has 6 nitrogen and oxygen atoms in total. The first kappa shape index (κ1) is 66.1. The Morgan fingerprint density at radius 3 is 1.01 bits per heavy atom. The van der Waals surface area contributed by atoms with Crippen LogP contribution in [0.3, 0.4) is 0 Å². The molecule has 1 unspecified atom stereocenters. The van der Waals surface area contributed by atoms with Crippen LogP contribution in [0.5, 0.6) is 0 Å². The molecular weight excluding hydrogens is 865 g/mol. The maximum absolute atomic E-state index is 12.8. The first-order valence-electron chi connectivity index (χ1n) is 28.9. The van der Waals surface area contributed by atoms with Gasteiger partial charge in [-0.1, -0.05) is 239 Å². The first-order valence-corrected chi connectivity index (χ1v) is 28.9. The van der Waals surface area contributed by atoms with E-state index in [0.29, 0.717) is 19.3 Å². The third-order valence-corrected chi connectivity index (χ3v) is 12.1. The SMILES string of the molecule is CCCCC\C=C/C=C\C=C/C=C\CCCCCCCC(=O)OCC(COC(=O)CCCCCCCCC/C=C\CCCCCCCC)OC(=O)CCC/C=C\C/C=C\C/C=C\C/C=C\CCCCC. The van der Waals surface area contributed by atoms with E-state index in [1.165, 1.54) is 122 Å². The van der Waals surface area contributed by atoms with Crippen molar-refractivity contribution in [3.63, 3.8) is 0 Å². The van der Waals surface area contributed by atoms with E-state index in [4.69, 9.17) is 14.2 Å². The number of hydrogen-bond donors (Lipinski definition) is 0. The Balaban J connectivity index is 4.54. The van der Waals surface area contributed by atoms with Gasteiger partial charge in [-0.15, -0.1) is 0 Å². The van der Waals surface area contributed by atoms with Crippen LogP contribution in [-0.4, -0.2) is 37.2 Å². The van der Waals surface area contributed by atoms with Crippen molar-refractivity contribution >= 4 is 17.9 Å². The van der Waals surface area contributed by atoms with Gasteiger partial charge >= 0.3 is 17.9 Å². The molecule has 0 radical (unpaired) electrons. The van der Waals surface area contributed by atoms with E-state index in [1.807, 2.05) is 0 Å². The average molecular weight is 972 g/mol. The van der Waals surface area contributed by atoms with Gasteiger partial charge < -0.3 is 14.2 Å². The molecule has 0 spiro atoms. The van der Waals surface area contributed by atoms with Crippen molar-refractivity contribution in [1.82, 2.24) is 0 Å². The number of ether oxygens (including phenoxy) is 3. The Labute approximate surface area is 431 Å². The predicted octanol–water partition coefficient (Wildman–Crippen LogP) is 19.5. The van der Waals surface area contributed by atoms with Crippen LogP contribution in [0.4, 0.5) is 0 Å². The minimum Gasteiger partial charge on any atom is -0.462 e. The topological polar surface area (TPSA) is 78.9 Å². The van der Waals surface area contributed by atoms with Crippen LogP contribution >= 0.6 is 0 Å². The lowest BCUT2D eigenvalue weighted by atomic mass is 10.1. The molecule has 0 aliphatic rings. The highest BCUT2D eigenvalue weighted by Gasteiger charge is 2.19. The highest BCUT2D eigenvalue weighted by atomic mass is 16.6. The maximum Gasteiger partial charge on any atom is 0.306 e. The van der Waals surface area contributed by atoms with Gasteiger partial charge in [0, 0.05) is 19.3 Å². The quantitative estimate of drug-likeness (QED) is 0.0199. The highest BCUT2D eigenvalue weighted by molar-refractivity contribution is 5.71. The molecule has 0 N–H and O–H groups in total. The van der Waals surface area contributed by atoms with Crippen molar-refractivity contribution in [2.24, 2.45) is 0 Å². The van der Waals surface area contributed by atoms with E-state index in [-0.39, 0.29) is 37.5 Å². The van der Waals surface area contributed by atoms with Crippen molar-refractivity contribution in [3.05, 3.63) is 109 Å². The molecule has 0 saturated heterocycles. The molecule has 70 heavy (non-hydrogen) atoms. The van der Waals surface area contributed by atoms with Gasteiger partial charge in [-0.3, -0.25) is 14.4 Å². The predicted molar refractivity (Wildman–Crippen MR) is 302 cm³/mol. The Bertz CT molecular complexity index is 1440. The molecule has 1 atom stereocenters. The summed E-state index contributed by atoms with van der Waals surface area (Å²) in [4.78, 5) is 38.2. The summed E-state index contributed by atoms with van der Waals surface area (Å²) < 4.78 is 16.8. The van der Waals surface area contributed by atoms with E-state index in [2.05, 4.69) is 130 Å². The molecule has 0 bridgehead atoms. The number of carbonyl (C=O) groups excluding carboxylic acids is 3. The Kier molecular flexibility index (Phi) is 54.4. The standard InChI is InChI=1S/C64H106O6/c1-4-7-10-13-16-19-22-25-28-31-34-36-39-42-45-48-51-54-57-63(66)69-60-61(70-64(67)58-55-52-49-46-43-40-37-33-30-27-24-21-18-15-12-9-6-3)59-68-62(65)56-53-50-47-44-41-38-35-32-29-26-23-20-17-14-11-8-5-2/h16,18-19,21-22,25-31,34,36-37,40,46,49,61H,4-15,17,20,23-24,32-33,35,38-39,41-45,47-48,50-60H2,1-3H3/b19-16-,21-18-,25-22-,29-26-,30-27-,31-28-,36-34-,40-37-,49-46-. The Morgan fingerprint density at radius 1 is 0.300 bits per heavy atom. The maximum atomic E-state index is 12.8. The van der Waals surface area contributed by atoms with Crippen molar-refractivity contribution in [3.8, 4) is 0 Å². The molecule has 0 amide bonds. The van der Waals surface area contributed by atoms with E-state index in [0.717, 1.165) is 89.9 Å². The van der Waals surface area contributed by atoms with E-state index in [9.17, 15) is 14.4 Å². The van der Waals surface area contributed by atoms with Gasteiger partial charge in [-0.05, 0) is 109 Å². The van der Waals surface area contributed by atoms with Gasteiger partial charge in [-0.25, -0.2) is 0 Å². The van der Waals surface area contributed by atoms with Crippen molar-refractivity contribution in [2.45, 2.75) is 264 Å². The molecule has 0 aromatic carbocycles. The third kappa shape index (κ3) is 55.0. The summed E-state index contributed by atoms with van der Waals surface area (Å²) in [5.41, 5.74) is 0. The van der Waals surface area contributed by atoms with Gasteiger partial charge in [0.25, 0.3) is 0 Å². The molecule has 0 aromatic heterocycles. The van der Waals surface area contributed by atoms with Crippen LogP contribution in [0, 0.1) is 0 Å². The van der Waals surface area contributed by atoms with E-state index >= 15 is 0 Å². The second kappa shape index (κ2) is 57.6. The van der Waals surface area contributed by atoms with Crippen LogP contribution in [0.15, 0.2) is 109 Å². The summed E-state index contributed by atoms with van der Waals surface area (Å²) >= 11 is 0. The minimum atomic E-state index is -0.821. The van der Waals surface area contributed by atoms with Gasteiger partial charge in [0.2, 0.25) is 0 Å². The van der Waals surface area contributed by atoms with Crippen LogP contribution in [0.1, 0.15) is 258 Å². The summed E-state index contributed by atoms with van der Waals surface area (Å²) in [5, 5.41) is 0.